The Kier molecular flexibility index (Phi) is 5.40. The Labute approximate surface area is 252 Å². The summed E-state index contributed by atoms with van der Waals surface area (Å²) in [6, 6.07) is 54.0. The van der Waals surface area contributed by atoms with E-state index in [-0.39, 0.29) is 0 Å². The minimum atomic E-state index is 0.904. The number of para-hydroxylation sites is 1. The van der Waals surface area contributed by atoms with Crippen LogP contribution in [0.3, 0.4) is 0 Å². The van der Waals surface area contributed by atoms with Gasteiger partial charge in [-0.2, -0.15) is 0 Å². The van der Waals surface area contributed by atoms with Crippen LogP contribution in [-0.2, 0) is 0 Å². The lowest BCUT2D eigenvalue weighted by molar-refractivity contribution is 0.669. The number of rotatable bonds is 4. The van der Waals surface area contributed by atoms with E-state index < -0.39 is 0 Å². The molecule has 0 radical (unpaired) electrons. The predicted molar refractivity (Wildman–Crippen MR) is 184 cm³/mol. The lowest BCUT2D eigenvalue weighted by atomic mass is 10.0. The van der Waals surface area contributed by atoms with Gasteiger partial charge < -0.3 is 9.32 Å². The summed E-state index contributed by atoms with van der Waals surface area (Å²) in [6.07, 6.45) is 0. The molecule has 0 N–H and O–H groups in total. The zero-order valence-corrected chi connectivity index (χ0v) is 24.0. The first kappa shape index (κ1) is 24.2. The van der Waals surface area contributed by atoms with Crippen molar-refractivity contribution in [2.24, 2.45) is 0 Å². The normalized spacial score (nSPS) is 11.7. The number of furan rings is 1. The standard InChI is InChI=1S/C40H25NOS/c1-3-9-26(10-4-1)27-15-18-30(19-16-27)41(29-12-5-2-6-13-29)31-20-23-36-35(25-31)38-37(42-36)24-22-34-33-21-17-28-11-7-8-14-32(28)39(33)43-40(34)38/h1-25H. The van der Waals surface area contributed by atoms with Gasteiger partial charge in [0.05, 0.1) is 0 Å². The Balaban J connectivity index is 1.26. The summed E-state index contributed by atoms with van der Waals surface area (Å²) in [6.45, 7) is 0. The van der Waals surface area contributed by atoms with Gasteiger partial charge in [0.25, 0.3) is 0 Å². The molecule has 0 bridgehead atoms. The number of thiophene rings is 1. The van der Waals surface area contributed by atoms with Crippen molar-refractivity contribution in [3.63, 3.8) is 0 Å². The largest absolute Gasteiger partial charge is 0.456 e. The third-order valence-electron chi connectivity index (χ3n) is 8.45. The van der Waals surface area contributed by atoms with Gasteiger partial charge in [0.2, 0.25) is 0 Å². The lowest BCUT2D eigenvalue weighted by Crippen LogP contribution is -2.09. The van der Waals surface area contributed by atoms with E-state index in [1.54, 1.807) is 0 Å². The fraction of sp³-hybridized carbons (Fsp3) is 0. The Morgan fingerprint density at radius 3 is 1.88 bits per heavy atom. The van der Waals surface area contributed by atoms with Crippen LogP contribution in [0.1, 0.15) is 0 Å². The lowest BCUT2D eigenvalue weighted by Gasteiger charge is -2.25. The van der Waals surface area contributed by atoms with E-state index in [0.29, 0.717) is 0 Å². The van der Waals surface area contributed by atoms with E-state index in [1.807, 2.05) is 11.3 Å². The fourth-order valence-corrected chi connectivity index (χ4v) is 7.80. The maximum Gasteiger partial charge on any atom is 0.136 e. The van der Waals surface area contributed by atoms with Crippen molar-refractivity contribution in [3.8, 4) is 11.1 Å². The molecule has 2 heterocycles. The summed E-state index contributed by atoms with van der Waals surface area (Å²) < 4.78 is 9.05. The molecule has 2 nitrogen and oxygen atoms in total. The van der Waals surface area contributed by atoms with Crippen LogP contribution < -0.4 is 4.90 Å². The smallest absolute Gasteiger partial charge is 0.136 e. The van der Waals surface area contributed by atoms with Gasteiger partial charge >= 0.3 is 0 Å². The van der Waals surface area contributed by atoms with Crippen molar-refractivity contribution < 1.29 is 4.42 Å². The molecule has 7 aromatic carbocycles. The van der Waals surface area contributed by atoms with Gasteiger partial charge in [-0.25, -0.2) is 0 Å². The molecule has 9 rings (SSSR count). The molecule has 0 fully saturated rings. The second-order valence-corrected chi connectivity index (χ2v) is 12.0. The van der Waals surface area contributed by atoms with Gasteiger partial charge in [-0.1, -0.05) is 97.1 Å². The second-order valence-electron chi connectivity index (χ2n) is 10.9. The highest BCUT2D eigenvalue weighted by molar-refractivity contribution is 7.27. The van der Waals surface area contributed by atoms with Crippen LogP contribution in [0.25, 0.3) is 64.0 Å². The van der Waals surface area contributed by atoms with E-state index >= 15 is 0 Å². The number of hydrogen-bond acceptors (Lipinski definition) is 3. The maximum absolute atomic E-state index is 6.44. The van der Waals surface area contributed by atoms with Gasteiger partial charge in [-0.05, 0) is 76.5 Å². The molecule has 0 saturated heterocycles. The highest BCUT2D eigenvalue weighted by atomic mass is 32.1. The van der Waals surface area contributed by atoms with E-state index in [0.717, 1.165) is 33.6 Å². The molecule has 9 aromatic rings. The van der Waals surface area contributed by atoms with Crippen molar-refractivity contribution in [2.45, 2.75) is 0 Å². The Morgan fingerprint density at radius 1 is 0.419 bits per heavy atom. The molecule has 3 heteroatoms. The van der Waals surface area contributed by atoms with E-state index in [4.69, 9.17) is 4.42 Å². The summed E-state index contributed by atoms with van der Waals surface area (Å²) in [5.41, 5.74) is 7.56. The van der Waals surface area contributed by atoms with Gasteiger partial charge in [-0.15, -0.1) is 11.3 Å². The molecule has 0 spiro atoms. The zero-order valence-electron chi connectivity index (χ0n) is 23.2. The fourth-order valence-electron chi connectivity index (χ4n) is 6.41. The van der Waals surface area contributed by atoms with Crippen LogP contribution in [-0.4, -0.2) is 0 Å². The number of benzene rings is 7. The first-order chi connectivity index (χ1) is 21.3. The van der Waals surface area contributed by atoms with E-state index in [9.17, 15) is 0 Å². The minimum Gasteiger partial charge on any atom is -0.456 e. The molecule has 0 saturated carbocycles. The predicted octanol–water partition coefficient (Wildman–Crippen LogP) is 12.2. The third kappa shape index (κ3) is 3.86. The van der Waals surface area contributed by atoms with Crippen molar-refractivity contribution in [2.75, 3.05) is 4.90 Å². The van der Waals surface area contributed by atoms with Crippen molar-refractivity contribution in [3.05, 3.63) is 152 Å². The quantitative estimate of drug-likeness (QED) is 0.210. The average Bonchev–Trinajstić information content (AvgIpc) is 3.64. The first-order valence-electron chi connectivity index (χ1n) is 14.5. The molecular weight excluding hydrogens is 543 g/mol. The monoisotopic (exact) mass is 567 g/mol. The van der Waals surface area contributed by atoms with Crippen LogP contribution in [0.15, 0.2) is 156 Å². The summed E-state index contributed by atoms with van der Waals surface area (Å²) in [5.74, 6) is 0. The summed E-state index contributed by atoms with van der Waals surface area (Å²) in [4.78, 5) is 2.33. The average molecular weight is 568 g/mol. The minimum absolute atomic E-state index is 0.904. The summed E-state index contributed by atoms with van der Waals surface area (Å²) in [5, 5.41) is 7.48. The maximum atomic E-state index is 6.44. The molecule has 0 aliphatic carbocycles. The van der Waals surface area contributed by atoms with E-state index in [1.165, 1.54) is 47.5 Å². The highest BCUT2D eigenvalue weighted by Crippen LogP contribution is 2.46. The number of nitrogens with zero attached hydrogens (tertiary/aromatic N) is 1. The highest BCUT2D eigenvalue weighted by Gasteiger charge is 2.19. The molecule has 202 valence electrons. The van der Waals surface area contributed by atoms with Crippen LogP contribution in [0.4, 0.5) is 17.1 Å². The van der Waals surface area contributed by atoms with Gasteiger partial charge in [0, 0.05) is 48.0 Å². The Bertz CT molecular complexity index is 2440. The van der Waals surface area contributed by atoms with Crippen molar-refractivity contribution >= 4 is 81.3 Å². The zero-order chi connectivity index (χ0) is 28.3. The van der Waals surface area contributed by atoms with E-state index in [2.05, 4.69) is 157 Å². The molecule has 0 unspecified atom stereocenters. The third-order valence-corrected chi connectivity index (χ3v) is 9.72. The molecule has 0 atom stereocenters. The number of hydrogen-bond donors (Lipinski definition) is 0. The first-order valence-corrected chi connectivity index (χ1v) is 15.3. The SMILES string of the molecule is c1ccc(-c2ccc(N(c3ccccc3)c3ccc4oc5ccc6c7ccc8ccccc8c7sc6c5c4c3)cc2)cc1. The molecule has 0 amide bonds. The van der Waals surface area contributed by atoms with Crippen LogP contribution in [0, 0.1) is 0 Å². The van der Waals surface area contributed by atoms with Crippen molar-refractivity contribution in [1.82, 2.24) is 0 Å². The number of anilines is 3. The molecule has 43 heavy (non-hydrogen) atoms. The molecule has 0 aliphatic rings. The van der Waals surface area contributed by atoms with Crippen LogP contribution >= 0.6 is 11.3 Å². The second kappa shape index (κ2) is 9.59. The topological polar surface area (TPSA) is 16.4 Å². The molecule has 2 aromatic heterocycles. The van der Waals surface area contributed by atoms with Gasteiger partial charge in [-0.3, -0.25) is 0 Å². The van der Waals surface area contributed by atoms with Crippen LogP contribution in [0.2, 0.25) is 0 Å². The van der Waals surface area contributed by atoms with Crippen LogP contribution in [0.5, 0.6) is 0 Å². The number of fused-ring (bicyclic) bond motifs is 9. The molecule has 0 aliphatic heterocycles. The summed E-state index contributed by atoms with van der Waals surface area (Å²) in [7, 11) is 0. The van der Waals surface area contributed by atoms with Gasteiger partial charge in [0.1, 0.15) is 11.2 Å². The molecular formula is C40H25NOS. The van der Waals surface area contributed by atoms with Crippen molar-refractivity contribution in [1.29, 1.82) is 0 Å². The summed E-state index contributed by atoms with van der Waals surface area (Å²) >= 11 is 1.87. The Hall–Kier alpha value is -5.38. The van der Waals surface area contributed by atoms with Gasteiger partial charge in [0.15, 0.2) is 0 Å². The Morgan fingerprint density at radius 2 is 1.05 bits per heavy atom.